The van der Waals surface area contributed by atoms with E-state index < -0.39 is 0 Å². The van der Waals surface area contributed by atoms with E-state index in [0.717, 1.165) is 16.8 Å². The van der Waals surface area contributed by atoms with E-state index in [4.69, 9.17) is 0 Å². The zero-order valence-electron chi connectivity index (χ0n) is 13.4. The molecule has 120 valence electrons. The quantitative estimate of drug-likeness (QED) is 0.725. The number of rotatable bonds is 2. The Hall–Kier alpha value is -3.52. The molecule has 1 aliphatic rings. The van der Waals surface area contributed by atoms with Gasteiger partial charge in [0.15, 0.2) is 5.82 Å². The molecule has 5 heteroatoms. The molecule has 0 fully saturated rings. The highest BCUT2D eigenvalue weighted by Gasteiger charge is 2.27. The van der Waals surface area contributed by atoms with Crippen LogP contribution in [0, 0.1) is 11.3 Å². The highest BCUT2D eigenvalue weighted by atomic mass is 16.2. The number of nitrogens with zero attached hydrogens (tertiary/aromatic N) is 4. The predicted molar refractivity (Wildman–Crippen MR) is 94.0 cm³/mol. The number of nitriles is 1. The summed E-state index contributed by atoms with van der Waals surface area (Å²) < 4.78 is 0. The predicted octanol–water partition coefficient (Wildman–Crippen LogP) is 3.22. The molecule has 0 saturated heterocycles. The smallest absolute Gasteiger partial charge is 0.261 e. The first-order valence-corrected chi connectivity index (χ1v) is 7.99. The van der Waals surface area contributed by atoms with Crippen molar-refractivity contribution >= 4 is 11.6 Å². The minimum atomic E-state index is -0.145. The number of fused-ring (bicyclic) bond motifs is 1. The molecule has 1 aromatic heterocycles. The lowest BCUT2D eigenvalue weighted by molar-refractivity contribution is 0.0988. The van der Waals surface area contributed by atoms with Crippen LogP contribution in [0.5, 0.6) is 0 Å². The minimum absolute atomic E-state index is 0.145. The van der Waals surface area contributed by atoms with Gasteiger partial charge in [0.25, 0.3) is 5.91 Å². The van der Waals surface area contributed by atoms with Gasteiger partial charge in [0, 0.05) is 30.2 Å². The Kier molecular flexibility index (Phi) is 3.71. The fourth-order valence-electron chi connectivity index (χ4n) is 3.08. The van der Waals surface area contributed by atoms with Gasteiger partial charge in [-0.05, 0) is 24.1 Å². The van der Waals surface area contributed by atoms with Gasteiger partial charge in [-0.15, -0.1) is 0 Å². The fraction of sp³-hybridized carbons (Fsp3) is 0.100. The van der Waals surface area contributed by atoms with Crippen LogP contribution in [0.2, 0.25) is 0 Å². The number of hydrogen-bond acceptors (Lipinski definition) is 4. The molecule has 1 aliphatic heterocycles. The second-order valence-electron chi connectivity index (χ2n) is 5.78. The molecule has 1 amide bonds. The van der Waals surface area contributed by atoms with Crippen LogP contribution in [0.3, 0.4) is 0 Å². The van der Waals surface area contributed by atoms with E-state index in [1.807, 2.05) is 36.4 Å². The molecule has 0 saturated carbocycles. The summed E-state index contributed by atoms with van der Waals surface area (Å²) in [6, 6.07) is 17.3. The van der Waals surface area contributed by atoms with Crippen LogP contribution in [0.4, 0.5) is 5.69 Å². The van der Waals surface area contributed by atoms with Crippen molar-refractivity contribution in [2.45, 2.75) is 6.42 Å². The average molecular weight is 326 g/mol. The zero-order valence-corrected chi connectivity index (χ0v) is 13.4. The molecule has 0 aliphatic carbocycles. The number of aromatic nitrogens is 2. The van der Waals surface area contributed by atoms with Crippen molar-refractivity contribution in [3.63, 3.8) is 0 Å². The maximum Gasteiger partial charge on any atom is 0.261 e. The topological polar surface area (TPSA) is 69.9 Å². The lowest BCUT2D eigenvalue weighted by atomic mass is 10.1. The van der Waals surface area contributed by atoms with Crippen LogP contribution < -0.4 is 4.90 Å². The Balaban J connectivity index is 1.62. The van der Waals surface area contributed by atoms with E-state index in [1.54, 1.807) is 29.4 Å². The molecule has 0 unspecified atom stereocenters. The van der Waals surface area contributed by atoms with Gasteiger partial charge in [0.05, 0.1) is 17.2 Å². The third kappa shape index (κ3) is 2.64. The summed E-state index contributed by atoms with van der Waals surface area (Å²) in [5.41, 5.74) is 3.71. The first-order valence-electron chi connectivity index (χ1n) is 7.99. The van der Waals surface area contributed by atoms with Crippen LogP contribution in [0.1, 0.15) is 21.5 Å². The lowest BCUT2D eigenvalue weighted by Gasteiger charge is -2.17. The zero-order chi connectivity index (χ0) is 17.2. The number of carbonyl (C=O) groups excluding carboxylic acids is 1. The first-order chi connectivity index (χ1) is 12.3. The lowest BCUT2D eigenvalue weighted by Crippen LogP contribution is -2.29. The van der Waals surface area contributed by atoms with Gasteiger partial charge in [-0.2, -0.15) is 5.26 Å². The Bertz CT molecular complexity index is 975. The van der Waals surface area contributed by atoms with Crippen molar-refractivity contribution < 1.29 is 4.79 Å². The van der Waals surface area contributed by atoms with Crippen LogP contribution in [0.15, 0.2) is 60.9 Å². The van der Waals surface area contributed by atoms with Gasteiger partial charge in [-0.1, -0.05) is 36.4 Å². The number of amides is 1. The number of carbonyl (C=O) groups is 1. The summed E-state index contributed by atoms with van der Waals surface area (Å²) in [6.45, 7) is 0.563. The van der Waals surface area contributed by atoms with Gasteiger partial charge in [0.1, 0.15) is 0 Å². The van der Waals surface area contributed by atoms with E-state index in [2.05, 4.69) is 16.0 Å². The first kappa shape index (κ1) is 15.0. The Morgan fingerprint density at radius 2 is 1.80 bits per heavy atom. The molecular formula is C20H14N4O. The molecular weight excluding hydrogens is 312 g/mol. The third-order valence-corrected chi connectivity index (χ3v) is 4.32. The minimum Gasteiger partial charge on any atom is -0.308 e. The molecule has 2 aromatic carbocycles. The van der Waals surface area contributed by atoms with Gasteiger partial charge in [-0.3, -0.25) is 4.79 Å². The standard InChI is InChI=1S/C20H14N4O/c21-11-15-7-4-8-18-17(15)9-10-24(18)20(25)16-12-22-19(23-13-16)14-5-2-1-3-6-14/h1-8,12-13H,9-10H2. The Morgan fingerprint density at radius 3 is 2.52 bits per heavy atom. The van der Waals surface area contributed by atoms with Crippen LogP contribution in [-0.2, 0) is 6.42 Å². The van der Waals surface area contributed by atoms with Crippen molar-refractivity contribution in [1.82, 2.24) is 9.97 Å². The summed E-state index contributed by atoms with van der Waals surface area (Å²) in [5.74, 6) is 0.444. The summed E-state index contributed by atoms with van der Waals surface area (Å²) >= 11 is 0. The molecule has 4 rings (SSSR count). The van der Waals surface area contributed by atoms with Gasteiger partial charge in [-0.25, -0.2) is 9.97 Å². The van der Waals surface area contributed by atoms with Crippen molar-refractivity contribution in [3.8, 4) is 17.5 Å². The molecule has 0 radical (unpaired) electrons. The number of hydrogen-bond donors (Lipinski definition) is 0. The number of anilines is 1. The van der Waals surface area contributed by atoms with Crippen molar-refractivity contribution in [1.29, 1.82) is 5.26 Å². The normalized spacial score (nSPS) is 12.5. The maximum atomic E-state index is 12.8. The molecule has 25 heavy (non-hydrogen) atoms. The van der Waals surface area contributed by atoms with E-state index >= 15 is 0 Å². The van der Waals surface area contributed by atoms with Crippen LogP contribution >= 0.6 is 0 Å². The summed E-state index contributed by atoms with van der Waals surface area (Å²) in [6.07, 6.45) is 3.81. The second-order valence-corrected chi connectivity index (χ2v) is 5.78. The van der Waals surface area contributed by atoms with E-state index in [9.17, 15) is 10.1 Å². The Morgan fingerprint density at radius 1 is 1.04 bits per heavy atom. The maximum absolute atomic E-state index is 12.8. The van der Waals surface area contributed by atoms with Crippen molar-refractivity contribution in [2.75, 3.05) is 11.4 Å². The van der Waals surface area contributed by atoms with Crippen molar-refractivity contribution in [3.05, 3.63) is 77.6 Å². The highest BCUT2D eigenvalue weighted by Crippen LogP contribution is 2.31. The van der Waals surface area contributed by atoms with Crippen molar-refractivity contribution in [2.24, 2.45) is 0 Å². The average Bonchev–Trinajstić information content (AvgIpc) is 3.12. The van der Waals surface area contributed by atoms with E-state index in [1.165, 1.54) is 0 Å². The van der Waals surface area contributed by atoms with Gasteiger partial charge < -0.3 is 4.90 Å². The molecule has 3 aromatic rings. The fourth-order valence-corrected chi connectivity index (χ4v) is 3.08. The molecule has 5 nitrogen and oxygen atoms in total. The molecule has 0 bridgehead atoms. The van der Waals surface area contributed by atoms with Gasteiger partial charge in [0.2, 0.25) is 0 Å². The molecule has 0 atom stereocenters. The summed E-state index contributed by atoms with van der Waals surface area (Å²) in [5, 5.41) is 9.21. The SMILES string of the molecule is N#Cc1cccc2c1CCN2C(=O)c1cnc(-c2ccccc2)nc1. The summed E-state index contributed by atoms with van der Waals surface area (Å²) in [4.78, 5) is 23.2. The Labute approximate surface area is 145 Å². The van der Waals surface area contributed by atoms with Crippen LogP contribution in [0.25, 0.3) is 11.4 Å². The van der Waals surface area contributed by atoms with Gasteiger partial charge >= 0.3 is 0 Å². The third-order valence-electron chi connectivity index (χ3n) is 4.32. The van der Waals surface area contributed by atoms with E-state index in [0.29, 0.717) is 29.9 Å². The highest BCUT2D eigenvalue weighted by molar-refractivity contribution is 6.07. The largest absolute Gasteiger partial charge is 0.308 e. The molecule has 0 N–H and O–H groups in total. The van der Waals surface area contributed by atoms with E-state index in [-0.39, 0.29) is 5.91 Å². The monoisotopic (exact) mass is 326 g/mol. The van der Waals surface area contributed by atoms with Crippen LogP contribution in [-0.4, -0.2) is 22.4 Å². The molecule has 0 spiro atoms. The molecule has 2 heterocycles. The second kappa shape index (κ2) is 6.17. The summed E-state index contributed by atoms with van der Waals surface area (Å²) in [7, 11) is 0. The number of benzene rings is 2.